The standard InChI is InChI=1S/C12H15N3/c1-5-7(3)13-11-9(5)15-10-6(2)8(4)14-12(10)11/h13-15H,1-4H3. The number of H-pyrrole nitrogens is 3. The molecule has 0 spiro atoms. The van der Waals surface area contributed by atoms with Crippen molar-refractivity contribution in [1.82, 2.24) is 15.0 Å². The topological polar surface area (TPSA) is 47.4 Å². The molecule has 3 rings (SSSR count). The van der Waals surface area contributed by atoms with Gasteiger partial charge in [0.2, 0.25) is 0 Å². The third-order valence-electron chi connectivity index (χ3n) is 3.50. The second-order valence-electron chi connectivity index (χ2n) is 4.38. The maximum atomic E-state index is 3.49. The van der Waals surface area contributed by atoms with Gasteiger partial charge in [-0.05, 0) is 38.8 Å². The fraction of sp³-hybridized carbons (Fsp3) is 0.333. The summed E-state index contributed by atoms with van der Waals surface area (Å²) in [5.41, 5.74) is 9.98. The highest BCUT2D eigenvalue weighted by Gasteiger charge is 2.14. The molecule has 0 amide bonds. The van der Waals surface area contributed by atoms with Crippen LogP contribution in [0.2, 0.25) is 0 Å². The van der Waals surface area contributed by atoms with Gasteiger partial charge in [-0.15, -0.1) is 0 Å². The summed E-state index contributed by atoms with van der Waals surface area (Å²) in [5, 5.41) is 0. The van der Waals surface area contributed by atoms with E-state index in [2.05, 4.69) is 42.6 Å². The lowest BCUT2D eigenvalue weighted by Gasteiger charge is -1.89. The van der Waals surface area contributed by atoms with Crippen LogP contribution in [0.25, 0.3) is 22.1 Å². The fourth-order valence-electron chi connectivity index (χ4n) is 2.25. The highest BCUT2D eigenvalue weighted by Crippen LogP contribution is 2.30. The van der Waals surface area contributed by atoms with Crippen molar-refractivity contribution in [1.29, 1.82) is 0 Å². The molecule has 78 valence electrons. The summed E-state index contributed by atoms with van der Waals surface area (Å²) in [6.07, 6.45) is 0. The van der Waals surface area contributed by atoms with E-state index in [4.69, 9.17) is 0 Å². The first-order valence-corrected chi connectivity index (χ1v) is 5.25. The van der Waals surface area contributed by atoms with Crippen LogP contribution >= 0.6 is 0 Å². The van der Waals surface area contributed by atoms with Gasteiger partial charge in [0.25, 0.3) is 0 Å². The first-order valence-electron chi connectivity index (χ1n) is 5.25. The quantitative estimate of drug-likeness (QED) is 0.500. The molecule has 0 unspecified atom stereocenters. The van der Waals surface area contributed by atoms with Crippen LogP contribution in [-0.4, -0.2) is 15.0 Å². The summed E-state index contributed by atoms with van der Waals surface area (Å²) in [7, 11) is 0. The lowest BCUT2D eigenvalue weighted by Crippen LogP contribution is -1.76. The molecule has 0 saturated carbocycles. The molecular weight excluding hydrogens is 186 g/mol. The predicted octanol–water partition coefficient (Wildman–Crippen LogP) is 3.21. The van der Waals surface area contributed by atoms with E-state index in [0.29, 0.717) is 0 Å². The van der Waals surface area contributed by atoms with Crippen molar-refractivity contribution in [3.8, 4) is 0 Å². The average molecular weight is 201 g/mol. The van der Waals surface area contributed by atoms with Crippen molar-refractivity contribution in [2.75, 3.05) is 0 Å². The summed E-state index contributed by atoms with van der Waals surface area (Å²) in [5.74, 6) is 0. The number of hydrogen-bond acceptors (Lipinski definition) is 0. The zero-order valence-electron chi connectivity index (χ0n) is 9.50. The minimum atomic E-state index is 1.20. The molecule has 3 heteroatoms. The summed E-state index contributed by atoms with van der Waals surface area (Å²) in [6, 6.07) is 0. The number of aryl methyl sites for hydroxylation is 4. The summed E-state index contributed by atoms with van der Waals surface area (Å²) < 4.78 is 0. The lowest BCUT2D eigenvalue weighted by atomic mass is 10.3. The van der Waals surface area contributed by atoms with E-state index in [1.54, 1.807) is 0 Å². The van der Waals surface area contributed by atoms with E-state index in [1.807, 2.05) is 0 Å². The van der Waals surface area contributed by atoms with Gasteiger partial charge in [0.05, 0.1) is 22.1 Å². The number of hydrogen-bond donors (Lipinski definition) is 3. The number of nitrogens with one attached hydrogen (secondary N) is 3. The molecule has 0 aliphatic rings. The van der Waals surface area contributed by atoms with Crippen LogP contribution in [0.4, 0.5) is 0 Å². The minimum absolute atomic E-state index is 1.20. The van der Waals surface area contributed by atoms with Gasteiger partial charge in [0.1, 0.15) is 0 Å². The fourth-order valence-corrected chi connectivity index (χ4v) is 2.25. The summed E-state index contributed by atoms with van der Waals surface area (Å²) in [4.78, 5) is 10.3. The van der Waals surface area contributed by atoms with Gasteiger partial charge in [-0.25, -0.2) is 0 Å². The third-order valence-corrected chi connectivity index (χ3v) is 3.50. The maximum Gasteiger partial charge on any atom is 0.0885 e. The van der Waals surface area contributed by atoms with Crippen LogP contribution in [0.3, 0.4) is 0 Å². The zero-order chi connectivity index (χ0) is 10.7. The Kier molecular flexibility index (Phi) is 1.43. The lowest BCUT2D eigenvalue weighted by molar-refractivity contribution is 1.24. The zero-order valence-corrected chi connectivity index (χ0v) is 9.50. The summed E-state index contributed by atoms with van der Waals surface area (Å²) in [6.45, 7) is 8.51. The van der Waals surface area contributed by atoms with Crippen molar-refractivity contribution < 1.29 is 0 Å². The van der Waals surface area contributed by atoms with Crippen molar-refractivity contribution in [2.24, 2.45) is 0 Å². The van der Waals surface area contributed by atoms with Gasteiger partial charge < -0.3 is 15.0 Å². The van der Waals surface area contributed by atoms with Gasteiger partial charge in [0.15, 0.2) is 0 Å². The Balaban J connectivity index is 2.57. The number of fused-ring (bicyclic) bond motifs is 3. The van der Waals surface area contributed by atoms with Gasteiger partial charge in [-0.1, -0.05) is 0 Å². The number of aromatic amines is 3. The molecule has 3 aromatic heterocycles. The van der Waals surface area contributed by atoms with Crippen LogP contribution in [0.15, 0.2) is 0 Å². The van der Waals surface area contributed by atoms with Gasteiger partial charge >= 0.3 is 0 Å². The Morgan fingerprint density at radius 1 is 0.533 bits per heavy atom. The normalized spacial score (nSPS) is 12.0. The molecule has 3 N–H and O–H groups in total. The van der Waals surface area contributed by atoms with Crippen LogP contribution in [0.1, 0.15) is 22.5 Å². The second-order valence-corrected chi connectivity index (χ2v) is 4.38. The third kappa shape index (κ3) is 0.902. The Bertz CT molecular complexity index is 607. The van der Waals surface area contributed by atoms with Crippen LogP contribution in [0, 0.1) is 27.7 Å². The smallest absolute Gasteiger partial charge is 0.0885 e. The SMILES string of the molecule is Cc1[nH]c2c([nH]c3c(C)c(C)[nH]c32)c1C. The molecule has 0 aromatic carbocycles. The molecule has 3 nitrogen and oxygen atoms in total. The van der Waals surface area contributed by atoms with Crippen molar-refractivity contribution in [2.45, 2.75) is 27.7 Å². The molecule has 0 aliphatic carbocycles. The van der Waals surface area contributed by atoms with Gasteiger partial charge in [-0.3, -0.25) is 0 Å². The van der Waals surface area contributed by atoms with Crippen LogP contribution in [0.5, 0.6) is 0 Å². The molecule has 3 aromatic rings. The summed E-state index contributed by atoms with van der Waals surface area (Å²) >= 11 is 0. The van der Waals surface area contributed by atoms with E-state index in [1.165, 1.54) is 44.6 Å². The molecule has 3 heterocycles. The molecule has 0 saturated heterocycles. The van der Waals surface area contributed by atoms with Crippen molar-refractivity contribution in [3.05, 3.63) is 22.5 Å². The second kappa shape index (κ2) is 2.48. The van der Waals surface area contributed by atoms with Crippen LogP contribution in [-0.2, 0) is 0 Å². The van der Waals surface area contributed by atoms with Crippen molar-refractivity contribution >= 4 is 22.1 Å². The van der Waals surface area contributed by atoms with E-state index in [-0.39, 0.29) is 0 Å². The molecule has 0 aliphatic heterocycles. The molecular formula is C12H15N3. The van der Waals surface area contributed by atoms with E-state index in [9.17, 15) is 0 Å². The highest BCUT2D eigenvalue weighted by atomic mass is 14.9. The Hall–Kier alpha value is -1.64. The van der Waals surface area contributed by atoms with Gasteiger partial charge in [0, 0.05) is 11.4 Å². The monoisotopic (exact) mass is 201 g/mol. The van der Waals surface area contributed by atoms with E-state index < -0.39 is 0 Å². The Morgan fingerprint density at radius 2 is 0.933 bits per heavy atom. The Labute approximate surface area is 87.9 Å². The molecule has 0 fully saturated rings. The molecule has 0 radical (unpaired) electrons. The molecule has 15 heavy (non-hydrogen) atoms. The molecule has 0 atom stereocenters. The average Bonchev–Trinajstić information content (AvgIpc) is 2.75. The minimum Gasteiger partial charge on any atom is -0.355 e. The maximum absolute atomic E-state index is 3.49. The number of rotatable bonds is 0. The van der Waals surface area contributed by atoms with E-state index >= 15 is 0 Å². The highest BCUT2D eigenvalue weighted by molar-refractivity contribution is 6.06. The van der Waals surface area contributed by atoms with Crippen LogP contribution < -0.4 is 0 Å². The predicted molar refractivity (Wildman–Crippen MR) is 63.5 cm³/mol. The first-order chi connectivity index (χ1) is 7.09. The van der Waals surface area contributed by atoms with E-state index in [0.717, 1.165) is 0 Å². The molecule has 0 bridgehead atoms. The first kappa shape index (κ1) is 8.65. The van der Waals surface area contributed by atoms with Gasteiger partial charge in [-0.2, -0.15) is 0 Å². The Morgan fingerprint density at radius 3 is 1.33 bits per heavy atom. The largest absolute Gasteiger partial charge is 0.355 e. The van der Waals surface area contributed by atoms with Crippen molar-refractivity contribution in [3.63, 3.8) is 0 Å². The number of aromatic nitrogens is 3.